The van der Waals surface area contributed by atoms with Gasteiger partial charge in [-0.1, -0.05) is 231 Å². The van der Waals surface area contributed by atoms with Gasteiger partial charge in [-0.25, -0.2) is 0 Å². The number of thiophene rings is 2. The zero-order valence-electron chi connectivity index (χ0n) is 58.4. The van der Waals surface area contributed by atoms with E-state index >= 15 is 0 Å². The first kappa shape index (κ1) is 59.5. The molecular formula is C101H64N4S2. The number of nitrogens with zero attached hydrogens (tertiary/aromatic N) is 4. The van der Waals surface area contributed by atoms with E-state index in [4.69, 9.17) is 0 Å². The highest BCUT2D eigenvalue weighted by molar-refractivity contribution is 7.26. The van der Waals surface area contributed by atoms with Crippen molar-refractivity contribution in [2.75, 3.05) is 14.7 Å². The molecule has 4 aliphatic carbocycles. The molecule has 0 N–H and O–H groups in total. The van der Waals surface area contributed by atoms with E-state index in [1.165, 1.54) is 183 Å². The van der Waals surface area contributed by atoms with Crippen LogP contribution in [0.5, 0.6) is 0 Å². The number of hydrogen-bond donors (Lipinski definition) is 0. The predicted octanol–water partition coefficient (Wildman–Crippen LogP) is 26.7. The normalized spacial score (nSPS) is 16.3. The molecule has 4 nitrogen and oxygen atoms in total. The lowest BCUT2D eigenvalue weighted by Gasteiger charge is -2.42. The van der Waals surface area contributed by atoms with Crippen LogP contribution in [0.15, 0.2) is 334 Å². The highest BCUT2D eigenvalue weighted by Gasteiger charge is 2.40. The molecule has 0 radical (unpaired) electrons. The van der Waals surface area contributed by atoms with Gasteiger partial charge in [-0.3, -0.25) is 0 Å². The molecule has 3 aromatic heterocycles. The SMILES string of the molecule is CC1(N(c2ccc3c(c2)-c2c4ccccc4cc4cccc-3c24)c2ccc3c4ccccc4n(-c4cccc(-c5c6ccccc6c6c7c(cccc57)-c5ccc(N(c7ccc8c(c7)N(c7ccccc7)C7C=CC=CC87)c7cccc8sc9ccccc9c78)cc5-6)c4)c3c2)C=c2c(sc3ccccc23)=CC1. The summed E-state index contributed by atoms with van der Waals surface area (Å²) >= 11 is 3.78. The third kappa shape index (κ3) is 8.48. The van der Waals surface area contributed by atoms with Gasteiger partial charge in [0.2, 0.25) is 0 Å². The molecule has 0 fully saturated rings. The molecule has 24 rings (SSSR count). The van der Waals surface area contributed by atoms with Crippen LogP contribution in [0.3, 0.4) is 0 Å². The van der Waals surface area contributed by atoms with Gasteiger partial charge < -0.3 is 19.3 Å². The van der Waals surface area contributed by atoms with E-state index < -0.39 is 5.54 Å². The lowest BCUT2D eigenvalue weighted by Crippen LogP contribution is -2.46. The molecule has 1 aliphatic heterocycles. The van der Waals surface area contributed by atoms with Crippen LogP contribution >= 0.6 is 22.7 Å². The van der Waals surface area contributed by atoms with Crippen molar-refractivity contribution in [2.24, 2.45) is 0 Å². The van der Waals surface area contributed by atoms with Gasteiger partial charge in [0.15, 0.2) is 0 Å². The van der Waals surface area contributed by atoms with Crippen LogP contribution in [0, 0.1) is 0 Å². The van der Waals surface area contributed by atoms with E-state index in [9.17, 15) is 0 Å². The average Bonchev–Trinajstić information content (AvgIpc) is 1.56. The first-order chi connectivity index (χ1) is 52.9. The fourth-order valence-electron chi connectivity index (χ4n) is 19.7. The van der Waals surface area contributed by atoms with Gasteiger partial charge in [-0.05, 0) is 238 Å². The molecule has 19 aromatic rings. The first-order valence-corrected chi connectivity index (χ1v) is 39.0. The lowest BCUT2D eigenvalue weighted by molar-refractivity contribution is 0.617. The largest absolute Gasteiger partial charge is 0.333 e. The number of anilines is 7. The molecule has 3 atom stereocenters. The highest BCUT2D eigenvalue weighted by Crippen LogP contribution is 2.59. The first-order valence-electron chi connectivity index (χ1n) is 37.3. The van der Waals surface area contributed by atoms with Gasteiger partial charge in [0.05, 0.1) is 28.3 Å². The smallest absolute Gasteiger partial charge is 0.0649 e. The number of para-hydroxylation sites is 2. The molecule has 0 amide bonds. The second-order valence-corrected chi connectivity index (χ2v) is 32.1. The minimum absolute atomic E-state index is 0.176. The van der Waals surface area contributed by atoms with Gasteiger partial charge in [0, 0.05) is 91.3 Å². The Hall–Kier alpha value is -12.8. The zero-order valence-corrected chi connectivity index (χ0v) is 60.0. The Labute approximate surface area is 625 Å². The van der Waals surface area contributed by atoms with Gasteiger partial charge >= 0.3 is 0 Å². The average molecular weight is 1400 g/mol. The summed E-state index contributed by atoms with van der Waals surface area (Å²) in [5, 5.41) is 17.8. The van der Waals surface area contributed by atoms with E-state index in [1.54, 1.807) is 0 Å². The molecule has 500 valence electrons. The summed E-state index contributed by atoms with van der Waals surface area (Å²) < 4.78 is 7.78. The van der Waals surface area contributed by atoms with Crippen LogP contribution < -0.4 is 24.5 Å². The Morgan fingerprint density at radius 3 is 1.85 bits per heavy atom. The van der Waals surface area contributed by atoms with Gasteiger partial charge in [-0.2, -0.15) is 0 Å². The standard InChI is InChI=1S/C101H64N4S2/c1-101(52-51-93-85(59-101)76-30-11-15-40-91(76)106-93)105(67-45-48-70-77-34-18-23-61-53-60-21-5-6-27-69(60)97(96(61)77)84(70)56-67)68-46-50-75-73-29-10-14-38-87(73)104(90(75)58-68)64-26-17-22-62(54-64)95-79-31-7-8-32-80(79)99-83-55-65(43-47-71(83)78-35-19-36-82(95)98(78)99)102(88-39-20-42-94-100(88)81-33-12-16-41-92(81)107-94)66-44-49-74-72-28-9-13-37-86(72)103(89(74)57-66)63-24-3-2-4-25-63/h2-51,53-59,72,86H,52H2,1H3. The molecule has 16 aromatic carbocycles. The summed E-state index contributed by atoms with van der Waals surface area (Å²) in [6.45, 7) is 2.46. The van der Waals surface area contributed by atoms with Crippen molar-refractivity contribution in [3.8, 4) is 61.3 Å². The second-order valence-electron chi connectivity index (χ2n) is 29.9. The van der Waals surface area contributed by atoms with Gasteiger partial charge in [0.1, 0.15) is 0 Å². The van der Waals surface area contributed by atoms with Crippen molar-refractivity contribution in [2.45, 2.75) is 30.8 Å². The molecule has 0 saturated carbocycles. The highest BCUT2D eigenvalue weighted by atomic mass is 32.1. The molecule has 4 heterocycles. The number of hydrogen-bond acceptors (Lipinski definition) is 5. The van der Waals surface area contributed by atoms with Crippen molar-refractivity contribution in [1.29, 1.82) is 0 Å². The lowest BCUT2D eigenvalue weighted by atomic mass is 9.88. The Morgan fingerprint density at radius 2 is 0.991 bits per heavy atom. The molecule has 3 unspecified atom stereocenters. The van der Waals surface area contributed by atoms with Crippen molar-refractivity contribution in [1.82, 2.24) is 4.57 Å². The third-order valence-corrected chi connectivity index (χ3v) is 26.5. The minimum Gasteiger partial charge on any atom is -0.333 e. The molecule has 0 spiro atoms. The quantitative estimate of drug-likeness (QED) is 0.134. The molecular weight excluding hydrogens is 1330 g/mol. The fraction of sp³-hybridized carbons (Fsp3) is 0.0495. The van der Waals surface area contributed by atoms with Crippen LogP contribution in [-0.2, 0) is 0 Å². The van der Waals surface area contributed by atoms with Crippen LogP contribution in [0.2, 0.25) is 0 Å². The fourth-order valence-corrected chi connectivity index (χ4v) is 22.0. The van der Waals surface area contributed by atoms with E-state index in [1.807, 2.05) is 22.7 Å². The Balaban J connectivity index is 0.677. The monoisotopic (exact) mass is 1400 g/mol. The Kier molecular flexibility index (Phi) is 12.4. The van der Waals surface area contributed by atoms with Crippen LogP contribution in [0.1, 0.15) is 24.8 Å². The van der Waals surface area contributed by atoms with Crippen LogP contribution in [0.25, 0.3) is 169 Å². The Bertz CT molecular complexity index is 7370. The number of benzene rings is 16. The third-order valence-electron chi connectivity index (χ3n) is 24.2. The van der Waals surface area contributed by atoms with Crippen LogP contribution in [-0.4, -0.2) is 16.1 Å². The summed E-state index contributed by atoms with van der Waals surface area (Å²) in [5.41, 5.74) is 25.2. The number of aromatic nitrogens is 1. The summed E-state index contributed by atoms with van der Waals surface area (Å²) in [7, 11) is 0. The summed E-state index contributed by atoms with van der Waals surface area (Å²) in [6, 6.07) is 118. The van der Waals surface area contributed by atoms with Crippen molar-refractivity contribution >= 4 is 170 Å². The van der Waals surface area contributed by atoms with E-state index in [0.29, 0.717) is 0 Å². The molecule has 107 heavy (non-hydrogen) atoms. The van der Waals surface area contributed by atoms with Crippen molar-refractivity contribution in [3.63, 3.8) is 0 Å². The molecule has 0 bridgehead atoms. The summed E-state index contributed by atoms with van der Waals surface area (Å²) in [4.78, 5) is 7.78. The van der Waals surface area contributed by atoms with Gasteiger partial charge in [-0.15, -0.1) is 22.7 Å². The minimum atomic E-state index is -0.455. The van der Waals surface area contributed by atoms with E-state index in [0.717, 1.165) is 34.7 Å². The predicted molar refractivity (Wildman–Crippen MR) is 458 cm³/mol. The molecule has 0 saturated heterocycles. The topological polar surface area (TPSA) is 14.7 Å². The summed E-state index contributed by atoms with van der Waals surface area (Å²) in [6.07, 6.45) is 15.1. The Morgan fingerprint density at radius 1 is 0.383 bits per heavy atom. The molecule has 5 aliphatic rings. The molecule has 6 heteroatoms. The van der Waals surface area contributed by atoms with E-state index in [2.05, 4.69) is 372 Å². The zero-order chi connectivity index (χ0) is 69.9. The van der Waals surface area contributed by atoms with Gasteiger partial charge in [0.25, 0.3) is 0 Å². The van der Waals surface area contributed by atoms with Crippen molar-refractivity contribution < 1.29 is 0 Å². The van der Waals surface area contributed by atoms with Crippen molar-refractivity contribution in [3.05, 3.63) is 349 Å². The summed E-state index contributed by atoms with van der Waals surface area (Å²) in [5.74, 6) is 0.242. The van der Waals surface area contributed by atoms with Crippen LogP contribution in [0.4, 0.5) is 39.8 Å². The second kappa shape index (κ2) is 22.3. The maximum Gasteiger partial charge on any atom is 0.0649 e. The maximum atomic E-state index is 2.67. The number of allylic oxidation sites excluding steroid dienone is 2. The van der Waals surface area contributed by atoms with E-state index in [-0.39, 0.29) is 12.0 Å². The maximum absolute atomic E-state index is 2.67. The number of rotatable bonds is 9. The number of fused-ring (bicyclic) bond motifs is 22.